The predicted octanol–water partition coefficient (Wildman–Crippen LogP) is 1.62. The van der Waals surface area contributed by atoms with Crippen molar-refractivity contribution in [1.82, 2.24) is 5.43 Å². The summed E-state index contributed by atoms with van der Waals surface area (Å²) in [5.41, 5.74) is 3.85. The molecular weight excluding hydrogens is 244 g/mol. The number of halogens is 1. The van der Waals surface area contributed by atoms with E-state index in [0.29, 0.717) is 5.56 Å². The van der Waals surface area contributed by atoms with Crippen LogP contribution in [0.3, 0.4) is 0 Å². The highest BCUT2D eigenvalue weighted by atomic mass is 79.9. The number of carbonyl (C=O) groups excluding carboxylic acids is 1. The number of rotatable bonds is 4. The van der Waals surface area contributed by atoms with Crippen molar-refractivity contribution < 1.29 is 4.79 Å². The molecule has 0 aromatic heterocycles. The van der Waals surface area contributed by atoms with Crippen LogP contribution in [0.5, 0.6) is 0 Å². The van der Waals surface area contributed by atoms with Gasteiger partial charge in [0.15, 0.2) is 0 Å². The first-order valence-corrected chi connectivity index (χ1v) is 5.56. The number of alkyl halides is 1. The molecule has 14 heavy (non-hydrogen) atoms. The van der Waals surface area contributed by atoms with Crippen LogP contribution < -0.4 is 11.3 Å². The molecule has 3 N–H and O–H groups in total. The van der Waals surface area contributed by atoms with Crippen molar-refractivity contribution in [3.8, 4) is 0 Å². The zero-order valence-corrected chi connectivity index (χ0v) is 9.38. The van der Waals surface area contributed by atoms with E-state index in [2.05, 4.69) is 21.4 Å². The summed E-state index contributed by atoms with van der Waals surface area (Å²) in [6.07, 6.45) is 1.89. The summed E-state index contributed by atoms with van der Waals surface area (Å²) in [6, 6.07) is 7.50. The highest BCUT2D eigenvalue weighted by Gasteiger charge is 2.08. The van der Waals surface area contributed by atoms with Gasteiger partial charge < -0.3 is 0 Å². The zero-order chi connectivity index (χ0) is 10.4. The third-order valence-electron chi connectivity index (χ3n) is 1.97. The standard InChI is InChI=1S/C10H13BrN2O/c11-7-3-5-8-4-1-2-6-9(8)10(14)13-12/h1-2,4,6H,3,5,7,12H2,(H,13,14). The predicted molar refractivity (Wildman–Crippen MR) is 60.2 cm³/mol. The Morgan fingerprint density at radius 2 is 2.14 bits per heavy atom. The highest BCUT2D eigenvalue weighted by Crippen LogP contribution is 2.11. The molecule has 0 spiro atoms. The Hall–Kier alpha value is -0.870. The molecule has 0 unspecified atom stereocenters. The fraction of sp³-hybridized carbons (Fsp3) is 0.300. The average Bonchev–Trinajstić information content (AvgIpc) is 2.25. The van der Waals surface area contributed by atoms with E-state index in [-0.39, 0.29) is 5.91 Å². The van der Waals surface area contributed by atoms with Crippen molar-refractivity contribution in [3.63, 3.8) is 0 Å². The Labute approximate surface area is 91.8 Å². The summed E-state index contributed by atoms with van der Waals surface area (Å²) in [5.74, 6) is 4.87. The van der Waals surface area contributed by atoms with Crippen LogP contribution in [0.2, 0.25) is 0 Å². The molecular formula is C10H13BrN2O. The summed E-state index contributed by atoms with van der Waals surface area (Å²) < 4.78 is 0. The molecule has 0 aliphatic carbocycles. The number of nitrogens with one attached hydrogen (secondary N) is 1. The van der Waals surface area contributed by atoms with Crippen molar-refractivity contribution in [1.29, 1.82) is 0 Å². The summed E-state index contributed by atoms with van der Waals surface area (Å²) in [7, 11) is 0. The lowest BCUT2D eigenvalue weighted by atomic mass is 10.0. The lowest BCUT2D eigenvalue weighted by molar-refractivity contribution is 0.0952. The van der Waals surface area contributed by atoms with Gasteiger partial charge in [0, 0.05) is 10.9 Å². The van der Waals surface area contributed by atoms with E-state index in [9.17, 15) is 4.79 Å². The molecule has 0 atom stereocenters. The van der Waals surface area contributed by atoms with Crippen molar-refractivity contribution in [2.75, 3.05) is 5.33 Å². The van der Waals surface area contributed by atoms with E-state index in [1.807, 2.05) is 18.2 Å². The zero-order valence-electron chi connectivity index (χ0n) is 7.79. The first-order chi connectivity index (χ1) is 6.79. The maximum Gasteiger partial charge on any atom is 0.265 e. The van der Waals surface area contributed by atoms with Gasteiger partial charge in [-0.2, -0.15) is 0 Å². The van der Waals surface area contributed by atoms with Crippen LogP contribution in [0.15, 0.2) is 24.3 Å². The largest absolute Gasteiger partial charge is 0.290 e. The van der Waals surface area contributed by atoms with Crippen LogP contribution in [0.4, 0.5) is 0 Å². The Morgan fingerprint density at radius 3 is 2.79 bits per heavy atom. The van der Waals surface area contributed by atoms with Gasteiger partial charge in [-0.1, -0.05) is 34.1 Å². The topological polar surface area (TPSA) is 55.1 Å². The molecule has 0 heterocycles. The molecule has 4 heteroatoms. The number of carbonyl (C=O) groups is 1. The van der Waals surface area contributed by atoms with Crippen molar-refractivity contribution in [2.45, 2.75) is 12.8 Å². The van der Waals surface area contributed by atoms with E-state index < -0.39 is 0 Å². The second-order valence-corrected chi connectivity index (χ2v) is 3.72. The SMILES string of the molecule is NNC(=O)c1ccccc1CCCBr. The minimum absolute atomic E-state index is 0.227. The first-order valence-electron chi connectivity index (χ1n) is 4.44. The summed E-state index contributed by atoms with van der Waals surface area (Å²) in [6.45, 7) is 0. The van der Waals surface area contributed by atoms with Gasteiger partial charge in [-0.15, -0.1) is 0 Å². The molecule has 0 radical (unpaired) electrons. The summed E-state index contributed by atoms with van der Waals surface area (Å²) in [5, 5.41) is 0.936. The molecule has 0 saturated carbocycles. The van der Waals surface area contributed by atoms with Gasteiger partial charge in [0.1, 0.15) is 0 Å². The van der Waals surface area contributed by atoms with E-state index in [4.69, 9.17) is 5.84 Å². The number of nitrogens with two attached hydrogens (primary N) is 1. The molecule has 1 aromatic rings. The Balaban J connectivity index is 2.85. The molecule has 0 bridgehead atoms. The van der Waals surface area contributed by atoms with Gasteiger partial charge >= 0.3 is 0 Å². The van der Waals surface area contributed by atoms with Crippen molar-refractivity contribution in [3.05, 3.63) is 35.4 Å². The molecule has 3 nitrogen and oxygen atoms in total. The fourth-order valence-electron chi connectivity index (χ4n) is 1.29. The summed E-state index contributed by atoms with van der Waals surface area (Å²) in [4.78, 5) is 11.3. The molecule has 76 valence electrons. The first kappa shape index (κ1) is 11.2. The summed E-state index contributed by atoms with van der Waals surface area (Å²) >= 11 is 3.36. The van der Waals surface area contributed by atoms with E-state index in [0.717, 1.165) is 23.7 Å². The van der Waals surface area contributed by atoms with Gasteiger partial charge in [0.05, 0.1) is 0 Å². The third-order valence-corrected chi connectivity index (χ3v) is 2.53. The van der Waals surface area contributed by atoms with Gasteiger partial charge in [0.25, 0.3) is 5.91 Å². The molecule has 0 aliphatic rings. The lowest BCUT2D eigenvalue weighted by Crippen LogP contribution is -2.30. The van der Waals surface area contributed by atoms with Gasteiger partial charge in [-0.05, 0) is 24.5 Å². The number of nitrogen functional groups attached to an aromatic ring is 1. The average molecular weight is 257 g/mol. The van der Waals surface area contributed by atoms with E-state index >= 15 is 0 Å². The molecule has 0 aliphatic heterocycles. The number of hydrazine groups is 1. The minimum Gasteiger partial charge on any atom is -0.290 e. The van der Waals surface area contributed by atoms with Crippen LogP contribution in [-0.4, -0.2) is 11.2 Å². The Kier molecular flexibility index (Phi) is 4.62. The Morgan fingerprint density at radius 1 is 1.43 bits per heavy atom. The molecule has 0 fully saturated rings. The number of hydrogen-bond acceptors (Lipinski definition) is 2. The van der Waals surface area contributed by atoms with E-state index in [1.165, 1.54) is 0 Å². The number of hydrogen-bond donors (Lipinski definition) is 2. The monoisotopic (exact) mass is 256 g/mol. The number of benzene rings is 1. The maximum atomic E-state index is 11.3. The van der Waals surface area contributed by atoms with E-state index in [1.54, 1.807) is 6.07 Å². The fourth-order valence-corrected chi connectivity index (χ4v) is 1.58. The van der Waals surface area contributed by atoms with Crippen molar-refractivity contribution >= 4 is 21.8 Å². The highest BCUT2D eigenvalue weighted by molar-refractivity contribution is 9.09. The molecule has 1 amide bonds. The van der Waals surface area contributed by atoms with Gasteiger partial charge in [-0.25, -0.2) is 5.84 Å². The van der Waals surface area contributed by atoms with Crippen molar-refractivity contribution in [2.24, 2.45) is 5.84 Å². The minimum atomic E-state index is -0.227. The van der Waals surface area contributed by atoms with Crippen LogP contribution in [0.25, 0.3) is 0 Å². The number of aryl methyl sites for hydroxylation is 1. The van der Waals surface area contributed by atoms with Gasteiger partial charge in [-0.3, -0.25) is 10.2 Å². The molecule has 1 aromatic carbocycles. The quantitative estimate of drug-likeness (QED) is 0.372. The molecule has 0 saturated heterocycles. The Bertz CT molecular complexity index is 315. The van der Waals surface area contributed by atoms with Crippen LogP contribution in [-0.2, 0) is 6.42 Å². The smallest absolute Gasteiger partial charge is 0.265 e. The van der Waals surface area contributed by atoms with Gasteiger partial charge in [0.2, 0.25) is 0 Å². The van der Waals surface area contributed by atoms with Crippen LogP contribution >= 0.6 is 15.9 Å². The molecule has 1 rings (SSSR count). The normalized spacial score (nSPS) is 9.86. The second-order valence-electron chi connectivity index (χ2n) is 2.92. The second kappa shape index (κ2) is 5.78. The number of amides is 1. The third kappa shape index (κ3) is 2.82. The lowest BCUT2D eigenvalue weighted by Gasteiger charge is -2.06. The van der Waals surface area contributed by atoms with Crippen LogP contribution in [0, 0.1) is 0 Å². The maximum absolute atomic E-state index is 11.3. The van der Waals surface area contributed by atoms with Crippen LogP contribution in [0.1, 0.15) is 22.3 Å².